The number of ether oxygens (including phenoxy) is 2. The van der Waals surface area contributed by atoms with Crippen LogP contribution in [0.1, 0.15) is 49.0 Å². The van der Waals surface area contributed by atoms with Crippen molar-refractivity contribution in [3.63, 3.8) is 0 Å². The molecular weight excluding hydrogens is 240 g/mol. The van der Waals surface area contributed by atoms with E-state index in [1.165, 1.54) is 0 Å². The van der Waals surface area contributed by atoms with Gasteiger partial charge in [0.25, 0.3) is 0 Å². The maximum Gasteiger partial charge on any atom is 0.166 e. The van der Waals surface area contributed by atoms with Crippen LogP contribution in [0.4, 0.5) is 0 Å². The molecular formula is C16H24O3. The van der Waals surface area contributed by atoms with Crippen LogP contribution in [0.2, 0.25) is 0 Å². The molecule has 0 fully saturated rings. The van der Waals surface area contributed by atoms with E-state index in [1.54, 1.807) is 20.3 Å². The Morgan fingerprint density at radius 3 is 2.32 bits per heavy atom. The molecule has 1 rings (SSSR count). The summed E-state index contributed by atoms with van der Waals surface area (Å²) in [5.41, 5.74) is 1.67. The molecule has 0 bridgehead atoms. The van der Waals surface area contributed by atoms with E-state index in [4.69, 9.17) is 9.47 Å². The molecule has 0 aromatic heterocycles. The van der Waals surface area contributed by atoms with Crippen LogP contribution in [0.3, 0.4) is 0 Å². The van der Waals surface area contributed by atoms with E-state index < -0.39 is 0 Å². The predicted octanol–water partition coefficient (Wildman–Crippen LogP) is 4.02. The first kappa shape index (κ1) is 15.5. The van der Waals surface area contributed by atoms with Crippen LogP contribution in [0.15, 0.2) is 12.1 Å². The Hall–Kier alpha value is -1.51. The van der Waals surface area contributed by atoms with Crippen molar-refractivity contribution in [1.82, 2.24) is 0 Å². The zero-order valence-corrected chi connectivity index (χ0v) is 12.6. The highest BCUT2D eigenvalue weighted by Crippen LogP contribution is 2.31. The number of methoxy groups -OCH3 is 2. The average Bonchev–Trinajstić information content (AvgIpc) is 2.43. The van der Waals surface area contributed by atoms with E-state index in [9.17, 15) is 4.79 Å². The monoisotopic (exact) mass is 264 g/mol. The first-order chi connectivity index (χ1) is 9.04. The number of hydrogen-bond acceptors (Lipinski definition) is 3. The zero-order valence-electron chi connectivity index (χ0n) is 12.6. The Kier molecular flexibility index (Phi) is 5.87. The van der Waals surface area contributed by atoms with E-state index in [2.05, 4.69) is 6.92 Å². The second-order valence-corrected chi connectivity index (χ2v) is 4.93. The van der Waals surface area contributed by atoms with Gasteiger partial charge in [-0.1, -0.05) is 26.7 Å². The normalized spacial score (nSPS) is 12.1. The van der Waals surface area contributed by atoms with Gasteiger partial charge in [-0.05, 0) is 31.0 Å². The number of ketones is 1. The minimum Gasteiger partial charge on any atom is -0.493 e. The molecule has 0 aliphatic carbocycles. The highest BCUT2D eigenvalue weighted by molar-refractivity contribution is 5.99. The second kappa shape index (κ2) is 7.17. The van der Waals surface area contributed by atoms with Gasteiger partial charge in [-0.3, -0.25) is 4.79 Å². The summed E-state index contributed by atoms with van der Waals surface area (Å²) in [6.45, 7) is 6.06. The Balaban J connectivity index is 3.02. The Labute approximate surface area is 115 Å². The van der Waals surface area contributed by atoms with Gasteiger partial charge in [-0.15, -0.1) is 0 Å². The molecule has 0 N–H and O–H groups in total. The summed E-state index contributed by atoms with van der Waals surface area (Å²) in [7, 11) is 3.19. The smallest absolute Gasteiger partial charge is 0.166 e. The van der Waals surface area contributed by atoms with Crippen LogP contribution in [-0.2, 0) is 0 Å². The summed E-state index contributed by atoms with van der Waals surface area (Å²) in [6, 6.07) is 3.65. The molecule has 0 spiro atoms. The highest BCUT2D eigenvalue weighted by atomic mass is 16.5. The molecule has 0 aliphatic heterocycles. The Bertz CT molecular complexity index is 438. The molecule has 0 saturated carbocycles. The molecule has 0 aliphatic rings. The molecule has 1 aromatic rings. The third-order valence-corrected chi connectivity index (χ3v) is 3.43. The van der Waals surface area contributed by atoms with Crippen molar-refractivity contribution in [2.24, 2.45) is 5.92 Å². The number of benzene rings is 1. The standard InChI is InChI=1S/C16H24O3/c1-6-7-8-11(2)16(17)13-10-15(19-5)14(18-4)9-12(13)3/h9-11H,6-8H2,1-5H3. The summed E-state index contributed by atoms with van der Waals surface area (Å²) in [5.74, 6) is 1.51. The molecule has 0 radical (unpaired) electrons. The van der Waals surface area contributed by atoms with E-state index in [0.717, 1.165) is 30.4 Å². The molecule has 106 valence electrons. The number of carbonyl (C=O) groups excluding carboxylic acids is 1. The topological polar surface area (TPSA) is 35.5 Å². The van der Waals surface area contributed by atoms with E-state index in [1.807, 2.05) is 19.9 Å². The molecule has 1 unspecified atom stereocenters. The zero-order chi connectivity index (χ0) is 14.4. The number of hydrogen-bond donors (Lipinski definition) is 0. The number of unbranched alkanes of at least 4 members (excludes halogenated alkanes) is 1. The minimum absolute atomic E-state index is 0.0525. The molecule has 0 heterocycles. The first-order valence-corrected chi connectivity index (χ1v) is 6.81. The van der Waals surface area contributed by atoms with Gasteiger partial charge in [0, 0.05) is 11.5 Å². The van der Waals surface area contributed by atoms with Crippen LogP contribution in [0, 0.1) is 12.8 Å². The van der Waals surface area contributed by atoms with Gasteiger partial charge >= 0.3 is 0 Å². The lowest BCUT2D eigenvalue weighted by atomic mass is 9.92. The Morgan fingerprint density at radius 1 is 1.21 bits per heavy atom. The first-order valence-electron chi connectivity index (χ1n) is 6.81. The summed E-state index contributed by atoms with van der Waals surface area (Å²) in [5, 5.41) is 0. The lowest BCUT2D eigenvalue weighted by Crippen LogP contribution is -2.13. The average molecular weight is 264 g/mol. The number of carbonyl (C=O) groups is 1. The predicted molar refractivity (Wildman–Crippen MR) is 77.3 cm³/mol. The molecule has 3 nitrogen and oxygen atoms in total. The lowest BCUT2D eigenvalue weighted by molar-refractivity contribution is 0.0921. The fourth-order valence-electron chi connectivity index (χ4n) is 2.15. The van der Waals surface area contributed by atoms with Crippen molar-refractivity contribution in [3.8, 4) is 11.5 Å². The molecule has 0 saturated heterocycles. The van der Waals surface area contributed by atoms with Crippen molar-refractivity contribution in [2.45, 2.75) is 40.0 Å². The summed E-state index contributed by atoms with van der Waals surface area (Å²) in [4.78, 5) is 12.4. The second-order valence-electron chi connectivity index (χ2n) is 4.93. The van der Waals surface area contributed by atoms with Crippen LogP contribution >= 0.6 is 0 Å². The van der Waals surface area contributed by atoms with Crippen LogP contribution < -0.4 is 9.47 Å². The van der Waals surface area contributed by atoms with E-state index >= 15 is 0 Å². The highest BCUT2D eigenvalue weighted by Gasteiger charge is 2.19. The quantitative estimate of drug-likeness (QED) is 0.698. The molecule has 19 heavy (non-hydrogen) atoms. The summed E-state index contributed by atoms with van der Waals surface area (Å²) >= 11 is 0. The number of rotatable bonds is 7. The van der Waals surface area contributed by atoms with Crippen LogP contribution in [0.25, 0.3) is 0 Å². The van der Waals surface area contributed by atoms with Crippen molar-refractivity contribution in [3.05, 3.63) is 23.3 Å². The summed E-state index contributed by atoms with van der Waals surface area (Å²) in [6.07, 6.45) is 3.13. The fraction of sp³-hybridized carbons (Fsp3) is 0.562. The van der Waals surface area contributed by atoms with Crippen molar-refractivity contribution in [2.75, 3.05) is 14.2 Å². The molecule has 3 heteroatoms. The molecule has 1 aromatic carbocycles. The maximum atomic E-state index is 12.4. The lowest BCUT2D eigenvalue weighted by Gasteiger charge is -2.15. The van der Waals surface area contributed by atoms with E-state index in [-0.39, 0.29) is 11.7 Å². The third-order valence-electron chi connectivity index (χ3n) is 3.43. The van der Waals surface area contributed by atoms with Gasteiger partial charge in [0.1, 0.15) is 0 Å². The van der Waals surface area contributed by atoms with Gasteiger partial charge in [0.15, 0.2) is 17.3 Å². The third kappa shape index (κ3) is 3.72. The van der Waals surface area contributed by atoms with E-state index in [0.29, 0.717) is 11.5 Å². The van der Waals surface area contributed by atoms with Crippen LogP contribution in [-0.4, -0.2) is 20.0 Å². The van der Waals surface area contributed by atoms with Gasteiger partial charge in [0.05, 0.1) is 14.2 Å². The van der Waals surface area contributed by atoms with Gasteiger partial charge in [-0.2, -0.15) is 0 Å². The maximum absolute atomic E-state index is 12.4. The SMILES string of the molecule is CCCCC(C)C(=O)c1cc(OC)c(OC)cc1C. The minimum atomic E-state index is 0.0525. The Morgan fingerprint density at radius 2 is 1.79 bits per heavy atom. The van der Waals surface area contributed by atoms with Crippen molar-refractivity contribution >= 4 is 5.78 Å². The molecule has 0 amide bonds. The fourth-order valence-corrected chi connectivity index (χ4v) is 2.15. The summed E-state index contributed by atoms with van der Waals surface area (Å²) < 4.78 is 10.5. The van der Waals surface area contributed by atoms with Crippen LogP contribution in [0.5, 0.6) is 11.5 Å². The van der Waals surface area contributed by atoms with Gasteiger partial charge in [0.2, 0.25) is 0 Å². The van der Waals surface area contributed by atoms with Crippen molar-refractivity contribution in [1.29, 1.82) is 0 Å². The number of Topliss-reactive ketones (excluding diaryl/α,β-unsaturated/α-hetero) is 1. The number of aryl methyl sites for hydroxylation is 1. The van der Waals surface area contributed by atoms with Gasteiger partial charge < -0.3 is 9.47 Å². The van der Waals surface area contributed by atoms with Crippen molar-refractivity contribution < 1.29 is 14.3 Å². The largest absolute Gasteiger partial charge is 0.493 e. The van der Waals surface area contributed by atoms with Gasteiger partial charge in [-0.25, -0.2) is 0 Å². The molecule has 1 atom stereocenters.